The molecule has 2 N–H and O–H groups in total. The molecule has 8 nitrogen and oxygen atoms in total. The largest absolute Gasteiger partial charge is 0.459 e. The molecular weight excluding hydrogens is 382 g/mol. The SMILES string of the molecule is C[C@H](NC(=O)c1ccco1)C(=O)N1CCC(NS(=O)(=O)c2ccccc2)CC1. The Morgan fingerprint density at radius 1 is 1.11 bits per heavy atom. The van der Waals surface area contributed by atoms with Crippen LogP contribution < -0.4 is 10.0 Å². The van der Waals surface area contributed by atoms with Crippen LogP contribution in [-0.2, 0) is 14.8 Å². The third-order valence-corrected chi connectivity index (χ3v) is 6.18. The Kier molecular flexibility index (Phi) is 6.15. The van der Waals surface area contributed by atoms with Gasteiger partial charge in [0.05, 0.1) is 11.2 Å². The molecule has 0 saturated carbocycles. The first kappa shape index (κ1) is 20.1. The van der Waals surface area contributed by atoms with Gasteiger partial charge in [-0.2, -0.15) is 0 Å². The van der Waals surface area contributed by atoms with Gasteiger partial charge in [-0.05, 0) is 44.0 Å². The lowest BCUT2D eigenvalue weighted by Crippen LogP contribution is -2.52. The number of nitrogens with zero attached hydrogens (tertiary/aromatic N) is 1. The second-order valence-electron chi connectivity index (χ2n) is 6.71. The number of carbonyl (C=O) groups is 2. The predicted octanol–water partition coefficient (Wildman–Crippen LogP) is 1.37. The molecular formula is C19H23N3O5S. The second-order valence-corrected chi connectivity index (χ2v) is 8.42. The van der Waals surface area contributed by atoms with E-state index in [1.807, 2.05) is 0 Å². The summed E-state index contributed by atoms with van der Waals surface area (Å²) in [5, 5.41) is 2.61. The molecule has 1 atom stereocenters. The molecule has 2 heterocycles. The molecule has 1 aromatic carbocycles. The smallest absolute Gasteiger partial charge is 0.287 e. The summed E-state index contributed by atoms with van der Waals surface area (Å²) in [4.78, 5) is 26.4. The van der Waals surface area contributed by atoms with E-state index < -0.39 is 22.0 Å². The first-order valence-electron chi connectivity index (χ1n) is 9.07. The molecule has 150 valence electrons. The Bertz CT molecular complexity index is 904. The summed E-state index contributed by atoms with van der Waals surface area (Å²) in [6.07, 6.45) is 2.41. The average Bonchev–Trinajstić information content (AvgIpc) is 3.23. The Morgan fingerprint density at radius 3 is 2.39 bits per heavy atom. The molecule has 3 rings (SSSR count). The van der Waals surface area contributed by atoms with Crippen LogP contribution in [0.25, 0.3) is 0 Å². The minimum absolute atomic E-state index is 0.147. The molecule has 1 aliphatic rings. The summed E-state index contributed by atoms with van der Waals surface area (Å²) in [6, 6.07) is 10.4. The van der Waals surface area contributed by atoms with E-state index in [1.54, 1.807) is 48.2 Å². The molecule has 0 spiro atoms. The van der Waals surface area contributed by atoms with Crippen molar-refractivity contribution in [1.82, 2.24) is 14.9 Å². The number of rotatable bonds is 6. The van der Waals surface area contributed by atoms with E-state index >= 15 is 0 Å². The second kappa shape index (κ2) is 8.57. The average molecular weight is 405 g/mol. The third-order valence-electron chi connectivity index (χ3n) is 4.64. The molecule has 0 bridgehead atoms. The van der Waals surface area contributed by atoms with Gasteiger partial charge in [0.15, 0.2) is 5.76 Å². The highest BCUT2D eigenvalue weighted by Crippen LogP contribution is 2.16. The van der Waals surface area contributed by atoms with Crippen molar-refractivity contribution in [3.05, 3.63) is 54.5 Å². The van der Waals surface area contributed by atoms with Crippen molar-refractivity contribution in [2.24, 2.45) is 0 Å². The van der Waals surface area contributed by atoms with Crippen molar-refractivity contribution in [2.75, 3.05) is 13.1 Å². The summed E-state index contributed by atoms with van der Waals surface area (Å²) in [5.41, 5.74) is 0. The van der Waals surface area contributed by atoms with Crippen molar-refractivity contribution < 1.29 is 22.4 Å². The quantitative estimate of drug-likeness (QED) is 0.754. The fraction of sp³-hybridized carbons (Fsp3) is 0.368. The number of likely N-dealkylation sites (tertiary alicyclic amines) is 1. The maximum atomic E-state index is 12.6. The fourth-order valence-electron chi connectivity index (χ4n) is 3.12. The lowest BCUT2D eigenvalue weighted by molar-refractivity contribution is -0.133. The van der Waals surface area contributed by atoms with Crippen molar-refractivity contribution in [3.63, 3.8) is 0 Å². The highest BCUT2D eigenvalue weighted by molar-refractivity contribution is 7.89. The molecule has 0 unspecified atom stereocenters. The van der Waals surface area contributed by atoms with E-state index in [2.05, 4.69) is 10.0 Å². The summed E-state index contributed by atoms with van der Waals surface area (Å²) in [5.74, 6) is -0.505. The number of nitrogens with one attached hydrogen (secondary N) is 2. The molecule has 1 saturated heterocycles. The zero-order chi connectivity index (χ0) is 20.1. The van der Waals surface area contributed by atoms with Crippen LogP contribution in [0.3, 0.4) is 0 Å². The van der Waals surface area contributed by atoms with Gasteiger partial charge in [-0.3, -0.25) is 9.59 Å². The van der Waals surface area contributed by atoms with E-state index in [0.717, 1.165) is 0 Å². The van der Waals surface area contributed by atoms with Crippen LogP contribution in [0.5, 0.6) is 0 Å². The molecule has 9 heteroatoms. The number of piperidine rings is 1. The number of carbonyl (C=O) groups excluding carboxylic acids is 2. The van der Waals surface area contributed by atoms with Gasteiger partial charge in [-0.25, -0.2) is 13.1 Å². The molecule has 0 aliphatic carbocycles. The van der Waals surface area contributed by atoms with Gasteiger partial charge in [0.25, 0.3) is 5.91 Å². The van der Waals surface area contributed by atoms with Crippen LogP contribution in [-0.4, -0.2) is 50.3 Å². The topological polar surface area (TPSA) is 109 Å². The maximum absolute atomic E-state index is 12.6. The summed E-state index contributed by atoms with van der Waals surface area (Å²) >= 11 is 0. The van der Waals surface area contributed by atoms with Gasteiger partial charge in [-0.1, -0.05) is 18.2 Å². The van der Waals surface area contributed by atoms with Crippen LogP contribution in [0.4, 0.5) is 0 Å². The Hall–Kier alpha value is -2.65. The van der Waals surface area contributed by atoms with Gasteiger partial charge >= 0.3 is 0 Å². The number of benzene rings is 1. The van der Waals surface area contributed by atoms with Crippen LogP contribution in [0.2, 0.25) is 0 Å². The minimum atomic E-state index is -3.58. The molecule has 1 fully saturated rings. The maximum Gasteiger partial charge on any atom is 0.287 e. The molecule has 0 radical (unpaired) electrons. The molecule has 28 heavy (non-hydrogen) atoms. The zero-order valence-corrected chi connectivity index (χ0v) is 16.3. The van der Waals surface area contributed by atoms with Gasteiger partial charge in [-0.15, -0.1) is 0 Å². The highest BCUT2D eigenvalue weighted by Gasteiger charge is 2.29. The van der Waals surface area contributed by atoms with Gasteiger partial charge in [0.1, 0.15) is 6.04 Å². The standard InChI is InChI=1S/C19H23N3O5S/c1-14(20-18(23)17-8-5-13-27-17)19(24)22-11-9-15(10-12-22)21-28(25,26)16-6-3-2-4-7-16/h2-8,13-15,21H,9-12H2,1H3,(H,20,23)/t14-/m0/s1. The van der Waals surface area contributed by atoms with Crippen molar-refractivity contribution in [3.8, 4) is 0 Å². The summed E-state index contributed by atoms with van der Waals surface area (Å²) in [6.45, 7) is 2.46. The zero-order valence-electron chi connectivity index (χ0n) is 15.5. The van der Waals surface area contributed by atoms with E-state index in [1.165, 1.54) is 12.3 Å². The first-order chi connectivity index (χ1) is 13.4. The van der Waals surface area contributed by atoms with Gasteiger partial charge < -0.3 is 14.6 Å². The van der Waals surface area contributed by atoms with E-state index in [9.17, 15) is 18.0 Å². The molecule has 2 amide bonds. The number of sulfonamides is 1. The van der Waals surface area contributed by atoms with Crippen LogP contribution in [0, 0.1) is 0 Å². The van der Waals surface area contributed by atoms with Crippen molar-refractivity contribution >= 4 is 21.8 Å². The van der Waals surface area contributed by atoms with Gasteiger partial charge in [0, 0.05) is 19.1 Å². The van der Waals surface area contributed by atoms with Crippen molar-refractivity contribution in [2.45, 2.75) is 36.7 Å². The summed E-state index contributed by atoms with van der Waals surface area (Å²) in [7, 11) is -3.58. The van der Waals surface area contributed by atoms with E-state index in [0.29, 0.717) is 25.9 Å². The number of amides is 2. The Balaban J connectivity index is 1.50. The van der Waals surface area contributed by atoms with Crippen LogP contribution >= 0.6 is 0 Å². The Morgan fingerprint density at radius 2 is 1.79 bits per heavy atom. The third kappa shape index (κ3) is 4.79. The fourth-order valence-corrected chi connectivity index (χ4v) is 4.44. The van der Waals surface area contributed by atoms with Crippen molar-refractivity contribution in [1.29, 1.82) is 0 Å². The Labute approximate surface area is 164 Å². The normalized spacial score (nSPS) is 16.5. The molecule has 1 aliphatic heterocycles. The lowest BCUT2D eigenvalue weighted by atomic mass is 10.1. The number of hydrogen-bond donors (Lipinski definition) is 2. The highest BCUT2D eigenvalue weighted by atomic mass is 32.2. The first-order valence-corrected chi connectivity index (χ1v) is 10.6. The van der Waals surface area contributed by atoms with Gasteiger partial charge in [0.2, 0.25) is 15.9 Å². The monoisotopic (exact) mass is 405 g/mol. The summed E-state index contributed by atoms with van der Waals surface area (Å²) < 4.78 is 32.5. The lowest BCUT2D eigenvalue weighted by Gasteiger charge is -2.33. The number of hydrogen-bond acceptors (Lipinski definition) is 5. The van der Waals surface area contributed by atoms with Crippen LogP contribution in [0.1, 0.15) is 30.3 Å². The van der Waals surface area contributed by atoms with E-state index in [-0.39, 0.29) is 22.6 Å². The molecule has 2 aromatic rings. The predicted molar refractivity (Wildman–Crippen MR) is 102 cm³/mol. The van der Waals surface area contributed by atoms with Crippen LogP contribution in [0.15, 0.2) is 58.0 Å². The minimum Gasteiger partial charge on any atom is -0.459 e. The molecule has 1 aromatic heterocycles. The number of furan rings is 1. The van der Waals surface area contributed by atoms with E-state index in [4.69, 9.17) is 4.42 Å².